The topological polar surface area (TPSA) is 84.6 Å². The third-order valence-electron chi connectivity index (χ3n) is 4.98. The maximum absolute atomic E-state index is 13.0. The van der Waals surface area contributed by atoms with Crippen LogP contribution in [-0.2, 0) is 4.74 Å². The fraction of sp³-hybridized carbons (Fsp3) is 0.722. The minimum atomic E-state index is -0.119. The summed E-state index contributed by atoms with van der Waals surface area (Å²) in [5.41, 5.74) is 7.83. The fourth-order valence-electron chi connectivity index (χ4n) is 3.48. The van der Waals surface area contributed by atoms with E-state index in [9.17, 15) is 4.79 Å². The van der Waals surface area contributed by atoms with Crippen LogP contribution in [-0.4, -0.2) is 66.2 Å². The first-order chi connectivity index (χ1) is 11.8. The van der Waals surface area contributed by atoms with Crippen LogP contribution in [0.4, 0.5) is 5.82 Å². The molecule has 7 nitrogen and oxygen atoms in total. The Kier molecular flexibility index (Phi) is 4.97. The summed E-state index contributed by atoms with van der Waals surface area (Å²) in [5.74, 6) is 0.997. The van der Waals surface area contributed by atoms with Crippen molar-refractivity contribution >= 4 is 11.7 Å². The van der Waals surface area contributed by atoms with Crippen LogP contribution in [0.3, 0.4) is 0 Å². The second-order valence-electron chi connectivity index (χ2n) is 8.02. The highest BCUT2D eigenvalue weighted by molar-refractivity contribution is 5.91. The molecule has 1 aromatic heterocycles. The summed E-state index contributed by atoms with van der Waals surface area (Å²) in [4.78, 5) is 26.1. The van der Waals surface area contributed by atoms with Gasteiger partial charge in [0, 0.05) is 48.9 Å². The Bertz CT molecular complexity index is 661. The number of ether oxygens (including phenoxy) is 1. The molecule has 0 unspecified atom stereocenters. The number of amides is 1. The summed E-state index contributed by atoms with van der Waals surface area (Å²) < 4.78 is 5.63. The van der Waals surface area contributed by atoms with Gasteiger partial charge in [-0.05, 0) is 20.3 Å². The highest BCUT2D eigenvalue weighted by Crippen LogP contribution is 2.25. The molecule has 3 rings (SSSR count). The molecule has 138 valence electrons. The number of hydrogen-bond acceptors (Lipinski definition) is 6. The van der Waals surface area contributed by atoms with Crippen molar-refractivity contribution in [1.82, 2.24) is 14.9 Å². The third-order valence-corrected chi connectivity index (χ3v) is 4.98. The van der Waals surface area contributed by atoms with Crippen LogP contribution in [0.2, 0.25) is 0 Å². The van der Waals surface area contributed by atoms with Gasteiger partial charge in [0.1, 0.15) is 5.82 Å². The molecule has 2 aliphatic heterocycles. The van der Waals surface area contributed by atoms with Gasteiger partial charge in [-0.2, -0.15) is 0 Å². The van der Waals surface area contributed by atoms with Gasteiger partial charge < -0.3 is 20.3 Å². The van der Waals surface area contributed by atoms with Gasteiger partial charge >= 0.3 is 0 Å². The van der Waals surface area contributed by atoms with Crippen molar-refractivity contribution in [2.75, 3.05) is 44.3 Å². The van der Waals surface area contributed by atoms with Crippen molar-refractivity contribution in [3.8, 4) is 0 Å². The Morgan fingerprint density at radius 3 is 2.72 bits per heavy atom. The van der Waals surface area contributed by atoms with E-state index in [0.717, 1.165) is 36.6 Å². The van der Waals surface area contributed by atoms with E-state index >= 15 is 0 Å². The van der Waals surface area contributed by atoms with Gasteiger partial charge in [0.2, 0.25) is 5.82 Å². The minimum Gasteiger partial charge on any atom is -0.379 e. The molecule has 3 heterocycles. The smallest absolute Gasteiger partial charge is 0.291 e. The van der Waals surface area contributed by atoms with E-state index < -0.39 is 0 Å². The predicted octanol–water partition coefficient (Wildman–Crippen LogP) is 1.13. The molecule has 2 fully saturated rings. The van der Waals surface area contributed by atoms with E-state index in [0.29, 0.717) is 26.3 Å². The van der Waals surface area contributed by atoms with Crippen LogP contribution < -0.4 is 10.6 Å². The zero-order valence-electron chi connectivity index (χ0n) is 15.7. The molecule has 7 heteroatoms. The number of hydrogen-bond donors (Lipinski definition) is 1. The summed E-state index contributed by atoms with van der Waals surface area (Å²) in [6, 6.07) is 0.164. The Balaban J connectivity index is 1.88. The van der Waals surface area contributed by atoms with E-state index in [2.05, 4.69) is 28.7 Å². The van der Waals surface area contributed by atoms with Crippen LogP contribution in [0.25, 0.3) is 0 Å². The van der Waals surface area contributed by atoms with Gasteiger partial charge in [0.05, 0.1) is 13.2 Å². The number of carbonyl (C=O) groups excluding carboxylic acids is 1. The van der Waals surface area contributed by atoms with Crippen molar-refractivity contribution < 1.29 is 9.53 Å². The fourth-order valence-corrected chi connectivity index (χ4v) is 3.48. The largest absolute Gasteiger partial charge is 0.379 e. The van der Waals surface area contributed by atoms with Crippen LogP contribution in [0.1, 0.15) is 42.1 Å². The highest BCUT2D eigenvalue weighted by Gasteiger charge is 2.31. The van der Waals surface area contributed by atoms with E-state index in [4.69, 9.17) is 10.5 Å². The van der Waals surface area contributed by atoms with Gasteiger partial charge in [-0.15, -0.1) is 0 Å². The van der Waals surface area contributed by atoms with Crippen molar-refractivity contribution in [1.29, 1.82) is 0 Å². The molecule has 1 atom stereocenters. The highest BCUT2D eigenvalue weighted by atomic mass is 16.5. The number of carbonyl (C=O) groups is 1. The van der Waals surface area contributed by atoms with Crippen molar-refractivity contribution in [3.63, 3.8) is 0 Å². The van der Waals surface area contributed by atoms with Crippen LogP contribution in [0, 0.1) is 19.3 Å². The monoisotopic (exact) mass is 347 g/mol. The minimum absolute atomic E-state index is 0.0730. The van der Waals surface area contributed by atoms with Gasteiger partial charge in [-0.3, -0.25) is 4.79 Å². The van der Waals surface area contributed by atoms with E-state index in [1.807, 2.05) is 18.7 Å². The predicted molar refractivity (Wildman–Crippen MR) is 96.8 cm³/mol. The first-order valence-corrected chi connectivity index (χ1v) is 8.99. The Labute approximate surface area is 149 Å². The standard InChI is InChI=1S/C18H29N5O2/c1-12-13(2)20-15(21-16(12)22-6-5-14(19)9-22)17(24)23-7-8-25-11-18(3,4)10-23/h14H,5-11,19H2,1-4H3/t14-/m1/s1. The van der Waals surface area contributed by atoms with E-state index in [1.54, 1.807) is 0 Å². The van der Waals surface area contributed by atoms with Crippen LogP contribution in [0.15, 0.2) is 0 Å². The van der Waals surface area contributed by atoms with Gasteiger partial charge in [0.15, 0.2) is 0 Å². The number of rotatable bonds is 2. The Hall–Kier alpha value is -1.73. The molecule has 0 aliphatic carbocycles. The van der Waals surface area contributed by atoms with Crippen molar-refractivity contribution in [3.05, 3.63) is 17.1 Å². The maximum Gasteiger partial charge on any atom is 0.291 e. The number of nitrogens with zero attached hydrogens (tertiary/aromatic N) is 4. The molecular weight excluding hydrogens is 318 g/mol. The molecule has 0 radical (unpaired) electrons. The normalized spacial score (nSPS) is 23.6. The van der Waals surface area contributed by atoms with Gasteiger partial charge in [-0.1, -0.05) is 13.8 Å². The molecule has 0 aromatic carbocycles. The Morgan fingerprint density at radius 1 is 1.28 bits per heavy atom. The van der Waals surface area contributed by atoms with Gasteiger partial charge in [-0.25, -0.2) is 9.97 Å². The SMILES string of the molecule is Cc1nc(C(=O)N2CCOCC(C)(C)C2)nc(N2CC[C@@H](N)C2)c1C. The lowest BCUT2D eigenvalue weighted by Crippen LogP contribution is -2.40. The lowest BCUT2D eigenvalue weighted by atomic mass is 9.94. The summed E-state index contributed by atoms with van der Waals surface area (Å²) >= 11 is 0. The number of nitrogens with two attached hydrogens (primary N) is 1. The molecule has 1 amide bonds. The second-order valence-corrected chi connectivity index (χ2v) is 8.02. The average Bonchev–Trinajstić information content (AvgIpc) is 2.89. The zero-order valence-corrected chi connectivity index (χ0v) is 15.7. The molecular formula is C18H29N5O2. The molecule has 2 N–H and O–H groups in total. The molecule has 1 aromatic rings. The summed E-state index contributed by atoms with van der Waals surface area (Å²) in [5, 5.41) is 0. The Morgan fingerprint density at radius 2 is 2.04 bits per heavy atom. The third kappa shape index (κ3) is 3.93. The first-order valence-electron chi connectivity index (χ1n) is 8.99. The maximum atomic E-state index is 13.0. The first kappa shape index (κ1) is 18.1. The average molecular weight is 347 g/mol. The molecule has 25 heavy (non-hydrogen) atoms. The summed E-state index contributed by atoms with van der Waals surface area (Å²) in [6.45, 7) is 12.2. The lowest BCUT2D eigenvalue weighted by Gasteiger charge is -2.28. The molecule has 0 saturated carbocycles. The lowest BCUT2D eigenvalue weighted by molar-refractivity contribution is 0.0701. The van der Waals surface area contributed by atoms with Crippen molar-refractivity contribution in [2.24, 2.45) is 11.1 Å². The molecule has 2 saturated heterocycles. The van der Waals surface area contributed by atoms with Gasteiger partial charge in [0.25, 0.3) is 5.91 Å². The molecule has 0 bridgehead atoms. The molecule has 2 aliphatic rings. The number of anilines is 1. The van der Waals surface area contributed by atoms with Crippen molar-refractivity contribution in [2.45, 2.75) is 40.2 Å². The zero-order chi connectivity index (χ0) is 18.2. The number of aryl methyl sites for hydroxylation is 1. The molecule has 0 spiro atoms. The summed E-state index contributed by atoms with van der Waals surface area (Å²) in [6.07, 6.45) is 0.948. The number of aromatic nitrogens is 2. The quantitative estimate of drug-likeness (QED) is 0.863. The van der Waals surface area contributed by atoms with Crippen LogP contribution >= 0.6 is 0 Å². The second kappa shape index (κ2) is 6.88. The van der Waals surface area contributed by atoms with E-state index in [-0.39, 0.29) is 23.2 Å². The van der Waals surface area contributed by atoms with E-state index in [1.165, 1.54) is 0 Å². The van der Waals surface area contributed by atoms with Crippen LogP contribution in [0.5, 0.6) is 0 Å². The summed E-state index contributed by atoms with van der Waals surface area (Å²) in [7, 11) is 0.